The van der Waals surface area contributed by atoms with Gasteiger partial charge in [0, 0.05) is 44.4 Å². The zero-order valence-electron chi connectivity index (χ0n) is 18.1. The predicted molar refractivity (Wildman–Crippen MR) is 115 cm³/mol. The van der Waals surface area contributed by atoms with Gasteiger partial charge < -0.3 is 24.6 Å². The number of hydrogen-bond donors (Lipinski definition) is 1. The van der Waals surface area contributed by atoms with Crippen LogP contribution in [0.5, 0.6) is 0 Å². The van der Waals surface area contributed by atoms with Gasteiger partial charge in [-0.15, -0.1) is 0 Å². The standard InChI is InChI=1S/C21H28N4O7/c1-2-31-21(28)24-11-7-15(8-12-24)22-19(26)14-32-20(27)17-13-16(25(29)30)5-6-18(17)23-9-3-4-10-23/h5-6,13,15H,2-4,7-12,14H2,1H3,(H,22,26). The third-order valence-corrected chi connectivity index (χ3v) is 5.58. The molecule has 2 aliphatic rings. The number of nitrogens with zero attached hydrogens (tertiary/aromatic N) is 3. The van der Waals surface area contributed by atoms with E-state index in [0.717, 1.165) is 25.9 Å². The van der Waals surface area contributed by atoms with Crippen LogP contribution in [0.1, 0.15) is 43.0 Å². The Bertz CT molecular complexity index is 862. The predicted octanol–water partition coefficient (Wildman–Crippen LogP) is 2.09. The molecule has 0 radical (unpaired) electrons. The second-order valence-electron chi connectivity index (χ2n) is 7.76. The molecule has 0 bridgehead atoms. The Hall–Kier alpha value is -3.37. The van der Waals surface area contributed by atoms with Crippen molar-refractivity contribution in [1.29, 1.82) is 0 Å². The molecule has 1 N–H and O–H groups in total. The third-order valence-electron chi connectivity index (χ3n) is 5.58. The minimum atomic E-state index is -0.775. The highest BCUT2D eigenvalue weighted by Crippen LogP contribution is 2.29. The van der Waals surface area contributed by atoms with Gasteiger partial charge in [0.05, 0.1) is 22.8 Å². The summed E-state index contributed by atoms with van der Waals surface area (Å²) in [6.45, 7) is 4.01. The van der Waals surface area contributed by atoms with Crippen molar-refractivity contribution in [3.05, 3.63) is 33.9 Å². The number of amides is 2. The molecule has 3 rings (SSSR count). The highest BCUT2D eigenvalue weighted by molar-refractivity contribution is 5.97. The van der Waals surface area contributed by atoms with Gasteiger partial charge in [-0.05, 0) is 38.7 Å². The van der Waals surface area contributed by atoms with Gasteiger partial charge in [-0.2, -0.15) is 0 Å². The number of ether oxygens (including phenoxy) is 2. The zero-order valence-corrected chi connectivity index (χ0v) is 18.1. The van der Waals surface area contributed by atoms with Crippen molar-refractivity contribution in [2.45, 2.75) is 38.6 Å². The van der Waals surface area contributed by atoms with E-state index in [1.165, 1.54) is 12.1 Å². The summed E-state index contributed by atoms with van der Waals surface area (Å²) in [5, 5.41) is 13.9. The first-order valence-corrected chi connectivity index (χ1v) is 10.8. The molecular weight excluding hydrogens is 420 g/mol. The molecule has 1 aromatic rings. The molecule has 2 aliphatic heterocycles. The van der Waals surface area contributed by atoms with Gasteiger partial charge in [-0.25, -0.2) is 9.59 Å². The molecule has 0 saturated carbocycles. The summed E-state index contributed by atoms with van der Waals surface area (Å²) in [5.41, 5.74) is 0.444. The number of piperidine rings is 1. The van der Waals surface area contributed by atoms with E-state index in [4.69, 9.17) is 9.47 Å². The first kappa shape index (κ1) is 23.3. The molecule has 11 heteroatoms. The van der Waals surface area contributed by atoms with Crippen LogP contribution in [-0.4, -0.2) is 73.2 Å². The quantitative estimate of drug-likeness (QED) is 0.381. The average Bonchev–Trinajstić information content (AvgIpc) is 3.32. The number of benzene rings is 1. The van der Waals surface area contributed by atoms with Crippen LogP contribution in [0.3, 0.4) is 0 Å². The highest BCUT2D eigenvalue weighted by atomic mass is 16.6. The second-order valence-corrected chi connectivity index (χ2v) is 7.76. The number of nitro groups is 1. The number of rotatable bonds is 7. The maximum atomic E-state index is 12.7. The zero-order chi connectivity index (χ0) is 23.1. The van der Waals surface area contributed by atoms with Crippen molar-refractivity contribution < 1.29 is 28.8 Å². The Labute approximate surface area is 185 Å². The first-order valence-electron chi connectivity index (χ1n) is 10.8. The fourth-order valence-electron chi connectivity index (χ4n) is 3.93. The highest BCUT2D eigenvalue weighted by Gasteiger charge is 2.26. The Morgan fingerprint density at radius 3 is 2.44 bits per heavy atom. The summed E-state index contributed by atoms with van der Waals surface area (Å²) in [6.07, 6.45) is 2.73. The van der Waals surface area contributed by atoms with Gasteiger partial charge in [0.15, 0.2) is 6.61 Å². The summed E-state index contributed by atoms with van der Waals surface area (Å²) in [7, 11) is 0. The van der Waals surface area contributed by atoms with Crippen LogP contribution in [0.25, 0.3) is 0 Å². The minimum Gasteiger partial charge on any atom is -0.452 e. The van der Waals surface area contributed by atoms with Crippen molar-refractivity contribution in [3.63, 3.8) is 0 Å². The Morgan fingerprint density at radius 2 is 1.81 bits per heavy atom. The minimum absolute atomic E-state index is 0.0802. The summed E-state index contributed by atoms with van der Waals surface area (Å²) >= 11 is 0. The maximum Gasteiger partial charge on any atom is 0.409 e. The third kappa shape index (κ3) is 5.86. The lowest BCUT2D eigenvalue weighted by Gasteiger charge is -2.31. The van der Waals surface area contributed by atoms with Crippen molar-refractivity contribution in [2.75, 3.05) is 44.3 Å². The van der Waals surface area contributed by atoms with Crippen LogP contribution in [0.15, 0.2) is 18.2 Å². The molecule has 0 aromatic heterocycles. The average molecular weight is 448 g/mol. The van der Waals surface area contributed by atoms with Gasteiger partial charge >= 0.3 is 12.1 Å². The molecule has 0 unspecified atom stereocenters. The summed E-state index contributed by atoms with van der Waals surface area (Å²) in [6, 6.07) is 3.97. The van der Waals surface area contributed by atoms with E-state index in [-0.39, 0.29) is 23.4 Å². The normalized spacial score (nSPS) is 16.5. The van der Waals surface area contributed by atoms with Crippen LogP contribution < -0.4 is 10.2 Å². The van der Waals surface area contributed by atoms with E-state index in [1.54, 1.807) is 17.9 Å². The van der Waals surface area contributed by atoms with Crippen molar-refractivity contribution in [3.8, 4) is 0 Å². The molecule has 0 spiro atoms. The number of non-ortho nitro benzene ring substituents is 1. The first-order chi connectivity index (χ1) is 15.4. The number of esters is 1. The van der Waals surface area contributed by atoms with Gasteiger partial charge in [-0.3, -0.25) is 14.9 Å². The fraction of sp³-hybridized carbons (Fsp3) is 0.571. The molecule has 174 valence electrons. The van der Waals surface area contributed by atoms with E-state index in [9.17, 15) is 24.5 Å². The van der Waals surface area contributed by atoms with Crippen molar-refractivity contribution in [1.82, 2.24) is 10.2 Å². The van der Waals surface area contributed by atoms with Crippen LogP contribution in [0.2, 0.25) is 0 Å². The van der Waals surface area contributed by atoms with Crippen LogP contribution >= 0.6 is 0 Å². The van der Waals surface area contributed by atoms with Crippen LogP contribution in [0, 0.1) is 10.1 Å². The Morgan fingerprint density at radius 1 is 1.12 bits per heavy atom. The molecule has 2 amide bonds. The van der Waals surface area contributed by atoms with Crippen LogP contribution in [-0.2, 0) is 14.3 Å². The number of nitro benzene ring substituents is 1. The Kier molecular flexibility index (Phi) is 7.85. The van der Waals surface area contributed by atoms with E-state index in [0.29, 0.717) is 38.2 Å². The van der Waals surface area contributed by atoms with E-state index in [1.807, 2.05) is 4.90 Å². The second kappa shape index (κ2) is 10.8. The molecule has 1 aromatic carbocycles. The molecule has 32 heavy (non-hydrogen) atoms. The molecule has 2 heterocycles. The Balaban J connectivity index is 1.54. The topological polar surface area (TPSA) is 131 Å². The number of likely N-dealkylation sites (tertiary alicyclic amines) is 1. The van der Waals surface area contributed by atoms with Crippen molar-refractivity contribution in [2.24, 2.45) is 0 Å². The van der Waals surface area contributed by atoms with Gasteiger partial charge in [0.2, 0.25) is 0 Å². The van der Waals surface area contributed by atoms with E-state index < -0.39 is 23.4 Å². The van der Waals surface area contributed by atoms with Crippen molar-refractivity contribution >= 4 is 29.3 Å². The summed E-state index contributed by atoms with van der Waals surface area (Å²) < 4.78 is 10.1. The fourth-order valence-corrected chi connectivity index (χ4v) is 3.93. The lowest BCUT2D eigenvalue weighted by Crippen LogP contribution is -2.47. The smallest absolute Gasteiger partial charge is 0.409 e. The van der Waals surface area contributed by atoms with Gasteiger partial charge in [0.1, 0.15) is 0 Å². The van der Waals surface area contributed by atoms with E-state index >= 15 is 0 Å². The summed E-state index contributed by atoms with van der Waals surface area (Å²) in [5.74, 6) is -1.23. The lowest BCUT2D eigenvalue weighted by molar-refractivity contribution is -0.384. The number of carbonyl (C=O) groups is 3. The van der Waals surface area contributed by atoms with E-state index in [2.05, 4.69) is 5.32 Å². The molecule has 11 nitrogen and oxygen atoms in total. The monoisotopic (exact) mass is 448 g/mol. The molecule has 0 atom stereocenters. The number of nitrogens with one attached hydrogen (secondary N) is 1. The number of hydrogen-bond acceptors (Lipinski definition) is 8. The SMILES string of the molecule is CCOC(=O)N1CCC(NC(=O)COC(=O)c2cc([N+](=O)[O-])ccc2N2CCCC2)CC1. The van der Waals surface area contributed by atoms with Gasteiger partial charge in [0.25, 0.3) is 11.6 Å². The molecule has 2 saturated heterocycles. The van der Waals surface area contributed by atoms with Gasteiger partial charge in [-0.1, -0.05) is 0 Å². The molecule has 0 aliphatic carbocycles. The number of anilines is 1. The number of carbonyl (C=O) groups excluding carboxylic acids is 3. The molecule has 2 fully saturated rings. The maximum absolute atomic E-state index is 12.7. The lowest BCUT2D eigenvalue weighted by atomic mass is 10.1. The van der Waals surface area contributed by atoms with Crippen LogP contribution in [0.4, 0.5) is 16.2 Å². The molecular formula is C21H28N4O7. The summed E-state index contributed by atoms with van der Waals surface area (Å²) in [4.78, 5) is 50.8. The largest absolute Gasteiger partial charge is 0.452 e.